The normalized spacial score (nSPS) is 20.2. The Hall–Kier alpha value is -3.16. The number of anilines is 1. The Morgan fingerprint density at radius 3 is 3.04 bits per heavy atom. The van der Waals surface area contributed by atoms with Gasteiger partial charge in [0, 0.05) is 17.5 Å². The van der Waals surface area contributed by atoms with Crippen molar-refractivity contribution in [2.75, 3.05) is 11.9 Å². The van der Waals surface area contributed by atoms with E-state index in [2.05, 4.69) is 32.3 Å². The molecule has 3 aromatic rings. The average Bonchev–Trinajstić information content (AvgIpc) is 3.03. The van der Waals surface area contributed by atoms with Gasteiger partial charge in [-0.15, -0.1) is 0 Å². The molecule has 3 aromatic heterocycles. The van der Waals surface area contributed by atoms with E-state index in [1.54, 1.807) is 10.7 Å². The van der Waals surface area contributed by atoms with Crippen LogP contribution in [0, 0.1) is 5.82 Å². The summed E-state index contributed by atoms with van der Waals surface area (Å²) in [6.45, 7) is 8.41. The number of nitrogens with zero attached hydrogens (tertiary/aromatic N) is 4. The van der Waals surface area contributed by atoms with E-state index in [1.165, 1.54) is 6.07 Å². The number of ether oxygens (including phenoxy) is 1. The molecule has 134 valence electrons. The molecule has 0 radical (unpaired) electrons. The molecule has 7 nitrogen and oxygen atoms in total. The fraction of sp³-hybridized carbons (Fsp3) is 0.278. The summed E-state index contributed by atoms with van der Waals surface area (Å²) >= 11 is 0. The third kappa shape index (κ3) is 2.94. The number of nitrogens with one attached hydrogen (secondary N) is 2. The van der Waals surface area contributed by atoms with Crippen LogP contribution in [0.2, 0.25) is 0 Å². The number of fused-ring (bicyclic) bond motifs is 2. The van der Waals surface area contributed by atoms with Gasteiger partial charge in [0.15, 0.2) is 5.65 Å². The van der Waals surface area contributed by atoms with Gasteiger partial charge in [-0.05, 0) is 26.0 Å². The lowest BCUT2D eigenvalue weighted by Crippen LogP contribution is -2.28. The van der Waals surface area contributed by atoms with E-state index in [-0.39, 0.29) is 12.1 Å². The quantitative estimate of drug-likeness (QED) is 0.646. The van der Waals surface area contributed by atoms with Crippen molar-refractivity contribution in [3.8, 4) is 5.88 Å². The Kier molecular flexibility index (Phi) is 3.95. The number of hydrogen-bond acceptors (Lipinski definition) is 6. The van der Waals surface area contributed by atoms with E-state index in [1.807, 2.05) is 26.1 Å². The fourth-order valence-electron chi connectivity index (χ4n) is 2.91. The number of pyridine rings is 1. The van der Waals surface area contributed by atoms with Crippen LogP contribution in [0.15, 0.2) is 37.3 Å². The van der Waals surface area contributed by atoms with Crippen molar-refractivity contribution in [1.29, 1.82) is 0 Å². The van der Waals surface area contributed by atoms with Crippen LogP contribution < -0.4 is 15.4 Å². The molecule has 26 heavy (non-hydrogen) atoms. The highest BCUT2D eigenvalue weighted by Crippen LogP contribution is 2.28. The molecule has 0 saturated carbocycles. The van der Waals surface area contributed by atoms with E-state index in [4.69, 9.17) is 4.74 Å². The summed E-state index contributed by atoms with van der Waals surface area (Å²) in [5, 5.41) is 10.8. The summed E-state index contributed by atoms with van der Waals surface area (Å²) < 4.78 is 21.4. The predicted molar refractivity (Wildman–Crippen MR) is 96.3 cm³/mol. The van der Waals surface area contributed by atoms with Crippen molar-refractivity contribution in [2.45, 2.75) is 26.0 Å². The maximum absolute atomic E-state index is 13.8. The molecule has 0 saturated heterocycles. The second-order valence-corrected chi connectivity index (χ2v) is 6.34. The summed E-state index contributed by atoms with van der Waals surface area (Å²) in [6, 6.07) is 2.99. The van der Waals surface area contributed by atoms with Crippen molar-refractivity contribution in [3.63, 3.8) is 0 Å². The summed E-state index contributed by atoms with van der Waals surface area (Å²) in [4.78, 5) is 8.75. The van der Waals surface area contributed by atoms with Gasteiger partial charge in [0.05, 0.1) is 30.5 Å². The van der Waals surface area contributed by atoms with Gasteiger partial charge in [-0.1, -0.05) is 6.58 Å². The fourth-order valence-corrected chi connectivity index (χ4v) is 2.91. The molecule has 2 N–H and O–H groups in total. The predicted octanol–water partition coefficient (Wildman–Crippen LogP) is 2.78. The van der Waals surface area contributed by atoms with Crippen molar-refractivity contribution >= 4 is 17.2 Å². The summed E-state index contributed by atoms with van der Waals surface area (Å²) in [7, 11) is 0. The maximum atomic E-state index is 13.8. The van der Waals surface area contributed by atoms with Crippen LogP contribution in [-0.2, 0) is 0 Å². The van der Waals surface area contributed by atoms with E-state index in [0.29, 0.717) is 35.2 Å². The van der Waals surface area contributed by atoms with Gasteiger partial charge in [0.25, 0.3) is 0 Å². The Balaban J connectivity index is 1.82. The first-order valence-electron chi connectivity index (χ1n) is 8.37. The molecule has 0 aromatic carbocycles. The topological polar surface area (TPSA) is 76.4 Å². The number of aromatic nitrogens is 4. The van der Waals surface area contributed by atoms with Crippen LogP contribution in [-0.4, -0.2) is 32.2 Å². The summed E-state index contributed by atoms with van der Waals surface area (Å²) in [5.41, 5.74) is 2.84. The number of hydrogen-bond donors (Lipinski definition) is 2. The molecule has 0 spiro atoms. The molecular weight excluding hydrogens is 335 g/mol. The van der Waals surface area contributed by atoms with Crippen LogP contribution in [0.25, 0.3) is 11.3 Å². The van der Waals surface area contributed by atoms with Crippen LogP contribution in [0.5, 0.6) is 5.88 Å². The molecule has 0 amide bonds. The Labute approximate surface area is 149 Å². The second kappa shape index (κ2) is 6.29. The lowest BCUT2D eigenvalue weighted by Gasteiger charge is -2.21. The van der Waals surface area contributed by atoms with E-state index in [0.717, 1.165) is 11.8 Å². The summed E-state index contributed by atoms with van der Waals surface area (Å²) in [5.74, 6) is 0.627. The standard InChI is InChI=1S/C18H19FN6O/c1-10-7-20-11(2)15-9-22-25-5-4-16(24-17(15)25)23-12(3)14-6-13(19)8-21-18(14)26-10/h4-6,8-10,12,20H,2,7H2,1,3H3,(H,23,24)/t10-,12+/m0/s1. The maximum Gasteiger partial charge on any atom is 0.219 e. The minimum absolute atomic E-state index is 0.196. The van der Waals surface area contributed by atoms with Gasteiger partial charge in [-0.2, -0.15) is 5.10 Å². The third-order valence-electron chi connectivity index (χ3n) is 4.29. The number of halogens is 1. The molecule has 2 atom stereocenters. The monoisotopic (exact) mass is 354 g/mol. The van der Waals surface area contributed by atoms with Gasteiger partial charge in [-0.3, -0.25) is 0 Å². The van der Waals surface area contributed by atoms with Crippen LogP contribution >= 0.6 is 0 Å². The molecule has 0 aliphatic carbocycles. The molecular formula is C18H19FN6O. The Morgan fingerprint density at radius 1 is 1.35 bits per heavy atom. The minimum Gasteiger partial charge on any atom is -0.473 e. The van der Waals surface area contributed by atoms with Crippen molar-refractivity contribution in [3.05, 3.63) is 54.2 Å². The van der Waals surface area contributed by atoms with Crippen LogP contribution in [0.3, 0.4) is 0 Å². The van der Waals surface area contributed by atoms with Crippen molar-refractivity contribution in [2.24, 2.45) is 0 Å². The Bertz CT molecular complexity index is 985. The van der Waals surface area contributed by atoms with E-state index >= 15 is 0 Å². The third-order valence-corrected chi connectivity index (χ3v) is 4.29. The molecule has 8 heteroatoms. The highest BCUT2D eigenvalue weighted by atomic mass is 19.1. The molecule has 2 bridgehead atoms. The zero-order valence-electron chi connectivity index (χ0n) is 14.5. The van der Waals surface area contributed by atoms with Gasteiger partial charge >= 0.3 is 0 Å². The lowest BCUT2D eigenvalue weighted by molar-refractivity contribution is 0.211. The zero-order chi connectivity index (χ0) is 18.3. The Morgan fingerprint density at radius 2 is 2.19 bits per heavy atom. The molecule has 1 aliphatic heterocycles. The highest BCUT2D eigenvalue weighted by molar-refractivity contribution is 5.73. The van der Waals surface area contributed by atoms with Crippen LogP contribution in [0.1, 0.15) is 31.0 Å². The first-order valence-corrected chi connectivity index (χ1v) is 8.37. The molecule has 0 fully saturated rings. The van der Waals surface area contributed by atoms with Crippen molar-refractivity contribution < 1.29 is 9.13 Å². The highest BCUT2D eigenvalue weighted by Gasteiger charge is 2.19. The second-order valence-electron chi connectivity index (χ2n) is 6.34. The van der Waals surface area contributed by atoms with Gasteiger partial charge in [0.2, 0.25) is 5.88 Å². The summed E-state index contributed by atoms with van der Waals surface area (Å²) in [6.07, 6.45) is 4.50. The molecule has 4 rings (SSSR count). The average molecular weight is 354 g/mol. The largest absolute Gasteiger partial charge is 0.473 e. The first-order chi connectivity index (χ1) is 12.5. The van der Waals surface area contributed by atoms with E-state index < -0.39 is 5.82 Å². The van der Waals surface area contributed by atoms with E-state index in [9.17, 15) is 4.39 Å². The van der Waals surface area contributed by atoms with Crippen molar-refractivity contribution in [1.82, 2.24) is 24.9 Å². The molecule has 0 unspecified atom stereocenters. The number of rotatable bonds is 0. The smallest absolute Gasteiger partial charge is 0.219 e. The first kappa shape index (κ1) is 16.3. The van der Waals surface area contributed by atoms with Gasteiger partial charge in [0.1, 0.15) is 17.7 Å². The molecule has 1 aliphatic rings. The van der Waals surface area contributed by atoms with Gasteiger partial charge in [-0.25, -0.2) is 18.9 Å². The SMILES string of the molecule is C=C1NC[C@H](C)Oc2ncc(F)cc2[C@@H](C)Nc2ccn3ncc1c3n2. The van der Waals surface area contributed by atoms with Gasteiger partial charge < -0.3 is 15.4 Å². The minimum atomic E-state index is -0.411. The zero-order valence-corrected chi connectivity index (χ0v) is 14.5. The molecule has 4 heterocycles. The lowest BCUT2D eigenvalue weighted by atomic mass is 10.1. The van der Waals surface area contributed by atoms with Crippen LogP contribution in [0.4, 0.5) is 10.2 Å².